The van der Waals surface area contributed by atoms with Crippen molar-refractivity contribution in [1.82, 2.24) is 4.31 Å². The van der Waals surface area contributed by atoms with E-state index in [0.29, 0.717) is 5.02 Å². The van der Waals surface area contributed by atoms with Crippen LogP contribution in [0, 0.1) is 0 Å². The van der Waals surface area contributed by atoms with E-state index in [0.717, 1.165) is 11.1 Å². The minimum Gasteiger partial charge on any atom is -0.295 e. The van der Waals surface area contributed by atoms with Crippen LogP contribution in [0.5, 0.6) is 0 Å². The van der Waals surface area contributed by atoms with Gasteiger partial charge in [-0.3, -0.25) is 4.18 Å². The van der Waals surface area contributed by atoms with Crippen LogP contribution < -0.4 is 0 Å². The Balaban J connectivity index is 2.95. The molecule has 0 spiro atoms. The maximum absolute atomic E-state index is 6.08. The van der Waals surface area contributed by atoms with Crippen LogP contribution in [0.25, 0.3) is 0 Å². The number of likely N-dealkylation sites (N-methyl/N-ethyl adjacent to an activating group) is 1. The van der Waals surface area contributed by atoms with E-state index in [-0.39, 0.29) is 11.6 Å². The molecule has 0 saturated heterocycles. The highest BCUT2D eigenvalue weighted by Crippen LogP contribution is 2.34. The minimum atomic E-state index is -0.215. The summed E-state index contributed by atoms with van der Waals surface area (Å²) in [6.45, 7) is 13.9. The van der Waals surface area contributed by atoms with Gasteiger partial charge in [-0.25, -0.2) is 4.31 Å². The van der Waals surface area contributed by atoms with E-state index in [1.807, 2.05) is 56.4 Å². The lowest BCUT2D eigenvalue weighted by Gasteiger charge is -2.30. The molecule has 1 rings (SSSR count). The molecule has 0 amide bonds. The molecule has 0 aliphatic heterocycles. The summed E-state index contributed by atoms with van der Waals surface area (Å²) in [4.78, 5) is 0. The standard InChI is InChI=1S/C16H22ClNOS/c1-7-12(2)15(13-9-8-10-14(17)11-13)18(6)20-19-16(3,4)5/h7-11,15H,1-2H2,3-6H3. The third-order valence-electron chi connectivity index (χ3n) is 2.55. The number of rotatable bonds is 6. The van der Waals surface area contributed by atoms with E-state index >= 15 is 0 Å². The Hall–Kier alpha value is -0.740. The van der Waals surface area contributed by atoms with Gasteiger partial charge in [-0.15, -0.1) is 0 Å². The SMILES string of the molecule is C=CC(=C)C(c1cccc(Cl)c1)N(C)SOC(C)(C)C. The summed E-state index contributed by atoms with van der Waals surface area (Å²) >= 11 is 7.40. The second-order valence-corrected chi connectivity index (χ2v) is 6.88. The van der Waals surface area contributed by atoms with Gasteiger partial charge in [0, 0.05) is 12.1 Å². The van der Waals surface area contributed by atoms with E-state index in [1.165, 1.54) is 12.2 Å². The molecule has 1 unspecified atom stereocenters. The third-order valence-corrected chi connectivity index (χ3v) is 3.80. The van der Waals surface area contributed by atoms with Crippen molar-refractivity contribution >= 4 is 23.8 Å². The Bertz CT molecular complexity index is 482. The molecule has 20 heavy (non-hydrogen) atoms. The molecular weight excluding hydrogens is 290 g/mol. The predicted molar refractivity (Wildman–Crippen MR) is 89.7 cm³/mol. The van der Waals surface area contributed by atoms with E-state index in [2.05, 4.69) is 13.2 Å². The van der Waals surface area contributed by atoms with Gasteiger partial charge in [0.2, 0.25) is 0 Å². The Morgan fingerprint density at radius 3 is 2.60 bits per heavy atom. The maximum atomic E-state index is 6.08. The number of halogens is 1. The molecule has 110 valence electrons. The van der Waals surface area contributed by atoms with Gasteiger partial charge in [0.05, 0.1) is 23.9 Å². The van der Waals surface area contributed by atoms with E-state index in [9.17, 15) is 0 Å². The number of hydrogen-bond acceptors (Lipinski definition) is 3. The van der Waals surface area contributed by atoms with Crippen LogP contribution in [0.2, 0.25) is 5.02 Å². The van der Waals surface area contributed by atoms with E-state index in [4.69, 9.17) is 15.8 Å². The van der Waals surface area contributed by atoms with Crippen molar-refractivity contribution in [3.05, 3.63) is 59.7 Å². The summed E-state index contributed by atoms with van der Waals surface area (Å²) in [5, 5.41) is 0.708. The van der Waals surface area contributed by atoms with Crippen molar-refractivity contribution in [2.24, 2.45) is 0 Å². The van der Waals surface area contributed by atoms with Gasteiger partial charge in [-0.1, -0.05) is 43.0 Å². The fourth-order valence-electron chi connectivity index (χ4n) is 1.66. The first-order valence-electron chi connectivity index (χ1n) is 6.40. The second kappa shape index (κ2) is 7.32. The summed E-state index contributed by atoms with van der Waals surface area (Å²) in [6.07, 6.45) is 1.76. The fraction of sp³-hybridized carbons (Fsp3) is 0.375. The molecule has 0 aliphatic carbocycles. The number of hydrogen-bond donors (Lipinski definition) is 0. The molecule has 1 atom stereocenters. The zero-order valence-corrected chi connectivity index (χ0v) is 14.1. The minimum absolute atomic E-state index is 0.0291. The molecule has 1 aromatic carbocycles. The normalized spacial score (nSPS) is 13.3. The summed E-state index contributed by atoms with van der Waals surface area (Å²) in [6, 6.07) is 7.73. The zero-order valence-electron chi connectivity index (χ0n) is 12.5. The average Bonchev–Trinajstić information content (AvgIpc) is 2.35. The lowest BCUT2D eigenvalue weighted by atomic mass is 10.0. The van der Waals surface area contributed by atoms with Crippen molar-refractivity contribution in [1.29, 1.82) is 0 Å². The van der Waals surface area contributed by atoms with Crippen LogP contribution >= 0.6 is 23.8 Å². The Morgan fingerprint density at radius 1 is 1.45 bits per heavy atom. The topological polar surface area (TPSA) is 12.5 Å². The first kappa shape index (κ1) is 17.3. The van der Waals surface area contributed by atoms with Crippen molar-refractivity contribution in [2.75, 3.05) is 7.05 Å². The smallest absolute Gasteiger partial charge is 0.0831 e. The van der Waals surface area contributed by atoms with Gasteiger partial charge < -0.3 is 0 Å². The van der Waals surface area contributed by atoms with Gasteiger partial charge >= 0.3 is 0 Å². The highest BCUT2D eigenvalue weighted by atomic mass is 35.5. The van der Waals surface area contributed by atoms with Crippen molar-refractivity contribution < 1.29 is 4.18 Å². The van der Waals surface area contributed by atoms with Crippen LogP contribution in [0.3, 0.4) is 0 Å². The predicted octanol–water partition coefficient (Wildman–Crippen LogP) is 5.43. The summed E-state index contributed by atoms with van der Waals surface area (Å²) in [7, 11) is 1.97. The van der Waals surface area contributed by atoms with Crippen LogP contribution in [0.1, 0.15) is 32.4 Å². The number of nitrogens with zero attached hydrogens (tertiary/aromatic N) is 1. The van der Waals surface area contributed by atoms with Crippen LogP contribution in [-0.4, -0.2) is 17.0 Å². The molecule has 0 bridgehead atoms. The average molecular weight is 312 g/mol. The third kappa shape index (κ3) is 5.33. The van der Waals surface area contributed by atoms with E-state index < -0.39 is 0 Å². The highest BCUT2D eigenvalue weighted by molar-refractivity contribution is 7.92. The molecular formula is C16H22ClNOS. The highest BCUT2D eigenvalue weighted by Gasteiger charge is 2.22. The molecule has 0 radical (unpaired) electrons. The Kier molecular flexibility index (Phi) is 6.34. The lowest BCUT2D eigenvalue weighted by molar-refractivity contribution is 0.154. The van der Waals surface area contributed by atoms with Gasteiger partial charge in [-0.2, -0.15) is 0 Å². The first-order valence-corrected chi connectivity index (χ1v) is 7.47. The Labute approximate surface area is 131 Å². The zero-order chi connectivity index (χ0) is 15.3. The van der Waals surface area contributed by atoms with Crippen molar-refractivity contribution in [3.63, 3.8) is 0 Å². The van der Waals surface area contributed by atoms with Crippen molar-refractivity contribution in [2.45, 2.75) is 32.4 Å². The molecule has 2 nitrogen and oxygen atoms in total. The molecule has 0 heterocycles. The van der Waals surface area contributed by atoms with Crippen molar-refractivity contribution in [3.8, 4) is 0 Å². The fourth-order valence-corrected chi connectivity index (χ4v) is 2.54. The van der Waals surface area contributed by atoms with E-state index in [1.54, 1.807) is 6.08 Å². The maximum Gasteiger partial charge on any atom is 0.0831 e. The Morgan fingerprint density at radius 2 is 2.10 bits per heavy atom. The molecule has 4 heteroatoms. The van der Waals surface area contributed by atoms with Crippen LogP contribution in [0.15, 0.2) is 49.1 Å². The molecule has 0 aromatic heterocycles. The molecule has 0 aliphatic rings. The largest absolute Gasteiger partial charge is 0.295 e. The van der Waals surface area contributed by atoms with Gasteiger partial charge in [0.1, 0.15) is 0 Å². The second-order valence-electron chi connectivity index (χ2n) is 5.55. The van der Waals surface area contributed by atoms with Gasteiger partial charge in [-0.05, 0) is 44.0 Å². The quantitative estimate of drug-likeness (QED) is 0.394. The van der Waals surface area contributed by atoms with Crippen LogP contribution in [0.4, 0.5) is 0 Å². The summed E-state index contributed by atoms with van der Waals surface area (Å²) in [5.74, 6) is 0. The first-order chi connectivity index (χ1) is 9.24. The lowest BCUT2D eigenvalue weighted by Crippen LogP contribution is -2.23. The molecule has 0 fully saturated rings. The van der Waals surface area contributed by atoms with Gasteiger partial charge in [0.15, 0.2) is 0 Å². The summed E-state index contributed by atoms with van der Waals surface area (Å²) in [5.41, 5.74) is 1.75. The monoisotopic (exact) mass is 311 g/mol. The summed E-state index contributed by atoms with van der Waals surface area (Å²) < 4.78 is 7.77. The molecule has 0 N–H and O–H groups in total. The molecule has 1 aromatic rings. The van der Waals surface area contributed by atoms with Gasteiger partial charge in [0.25, 0.3) is 0 Å². The van der Waals surface area contributed by atoms with Crippen LogP contribution in [-0.2, 0) is 4.18 Å². The molecule has 0 saturated carbocycles. The number of benzene rings is 1.